The number of carbonyl (C=O) groups is 1. The zero-order valence-electron chi connectivity index (χ0n) is 10.4. The third-order valence-corrected chi connectivity index (χ3v) is 3.25. The second-order valence-corrected chi connectivity index (χ2v) is 5.62. The Kier molecular flexibility index (Phi) is 3.77. The number of nitrogens with zero attached hydrogens (tertiary/aromatic N) is 1. The van der Waals surface area contributed by atoms with Crippen molar-refractivity contribution in [3.05, 3.63) is 0 Å². The van der Waals surface area contributed by atoms with Crippen molar-refractivity contribution in [1.82, 2.24) is 4.90 Å². The predicted octanol–water partition coefficient (Wildman–Crippen LogP) is 1.62. The maximum atomic E-state index is 12.1. The zero-order valence-corrected chi connectivity index (χ0v) is 10.4. The number of hydrogen-bond donors (Lipinski definition) is 1. The average Bonchev–Trinajstić information content (AvgIpc) is 2.16. The minimum atomic E-state index is -0.264. The Bertz CT molecular complexity index is 232. The van der Waals surface area contributed by atoms with Crippen molar-refractivity contribution in [3.8, 4) is 0 Å². The molecule has 3 heteroatoms. The summed E-state index contributed by atoms with van der Waals surface area (Å²) in [4.78, 5) is 14.1. The fourth-order valence-electron chi connectivity index (χ4n) is 2.14. The normalized spacial score (nSPS) is 27.9. The summed E-state index contributed by atoms with van der Waals surface area (Å²) in [6.07, 6.45) is 2.01. The van der Waals surface area contributed by atoms with E-state index in [1.165, 1.54) is 0 Å². The summed E-state index contributed by atoms with van der Waals surface area (Å²) in [6.45, 7) is 9.75. The molecule has 1 saturated heterocycles. The van der Waals surface area contributed by atoms with Crippen LogP contribution in [0.5, 0.6) is 0 Å². The SMILES string of the molecule is CCC1CN(C(=O)C(C)(C)C)CCC1N. The van der Waals surface area contributed by atoms with Crippen molar-refractivity contribution < 1.29 is 4.79 Å². The van der Waals surface area contributed by atoms with E-state index in [1.807, 2.05) is 25.7 Å². The van der Waals surface area contributed by atoms with E-state index in [0.29, 0.717) is 5.92 Å². The van der Waals surface area contributed by atoms with E-state index in [4.69, 9.17) is 5.73 Å². The second-order valence-electron chi connectivity index (χ2n) is 5.62. The van der Waals surface area contributed by atoms with Gasteiger partial charge in [0.05, 0.1) is 0 Å². The third-order valence-electron chi connectivity index (χ3n) is 3.25. The number of nitrogens with two attached hydrogens (primary N) is 1. The standard InChI is InChI=1S/C12H24N2O/c1-5-9-8-14(7-6-10(9)13)11(15)12(2,3)4/h9-10H,5-8,13H2,1-4H3. The van der Waals surface area contributed by atoms with Crippen molar-refractivity contribution in [1.29, 1.82) is 0 Å². The molecule has 0 aromatic rings. The molecule has 0 saturated carbocycles. The molecule has 88 valence electrons. The van der Waals surface area contributed by atoms with E-state index in [-0.39, 0.29) is 17.4 Å². The van der Waals surface area contributed by atoms with E-state index < -0.39 is 0 Å². The van der Waals surface area contributed by atoms with Gasteiger partial charge in [-0.25, -0.2) is 0 Å². The molecule has 1 aliphatic rings. The lowest BCUT2D eigenvalue weighted by molar-refractivity contribution is -0.141. The van der Waals surface area contributed by atoms with Crippen LogP contribution in [0.15, 0.2) is 0 Å². The largest absolute Gasteiger partial charge is 0.342 e. The molecule has 0 aliphatic carbocycles. The highest BCUT2D eigenvalue weighted by molar-refractivity contribution is 5.81. The molecule has 2 unspecified atom stereocenters. The van der Waals surface area contributed by atoms with Crippen LogP contribution < -0.4 is 5.73 Å². The molecular formula is C12H24N2O. The highest BCUT2D eigenvalue weighted by atomic mass is 16.2. The van der Waals surface area contributed by atoms with Crippen molar-refractivity contribution in [2.24, 2.45) is 17.1 Å². The lowest BCUT2D eigenvalue weighted by atomic mass is 9.88. The number of amides is 1. The first-order valence-electron chi connectivity index (χ1n) is 5.91. The van der Waals surface area contributed by atoms with Crippen LogP contribution in [-0.2, 0) is 4.79 Å². The number of carbonyl (C=O) groups excluding carboxylic acids is 1. The van der Waals surface area contributed by atoms with Crippen LogP contribution in [-0.4, -0.2) is 29.9 Å². The average molecular weight is 212 g/mol. The van der Waals surface area contributed by atoms with E-state index in [9.17, 15) is 4.79 Å². The van der Waals surface area contributed by atoms with Gasteiger partial charge in [-0.15, -0.1) is 0 Å². The van der Waals surface area contributed by atoms with E-state index >= 15 is 0 Å². The summed E-state index contributed by atoms with van der Waals surface area (Å²) in [5.74, 6) is 0.734. The van der Waals surface area contributed by atoms with Gasteiger partial charge in [-0.1, -0.05) is 34.1 Å². The molecule has 2 N–H and O–H groups in total. The molecule has 1 rings (SSSR count). The molecule has 15 heavy (non-hydrogen) atoms. The summed E-state index contributed by atoms with van der Waals surface area (Å²) in [5, 5.41) is 0. The Morgan fingerprint density at radius 3 is 2.53 bits per heavy atom. The first-order chi connectivity index (χ1) is 6.86. The van der Waals surface area contributed by atoms with E-state index in [1.54, 1.807) is 0 Å². The van der Waals surface area contributed by atoms with Crippen LogP contribution in [0.3, 0.4) is 0 Å². The van der Waals surface area contributed by atoms with Crippen molar-refractivity contribution in [3.63, 3.8) is 0 Å². The maximum absolute atomic E-state index is 12.1. The topological polar surface area (TPSA) is 46.3 Å². The van der Waals surface area contributed by atoms with Crippen LogP contribution >= 0.6 is 0 Å². The minimum absolute atomic E-state index is 0.257. The summed E-state index contributed by atoms with van der Waals surface area (Å²) in [6, 6.07) is 0.277. The first kappa shape index (κ1) is 12.5. The molecule has 0 aromatic carbocycles. The molecule has 3 nitrogen and oxygen atoms in total. The van der Waals surface area contributed by atoms with Crippen molar-refractivity contribution in [2.45, 2.75) is 46.6 Å². The van der Waals surface area contributed by atoms with Gasteiger partial charge in [-0.3, -0.25) is 4.79 Å². The molecule has 1 aliphatic heterocycles. The van der Waals surface area contributed by atoms with Gasteiger partial charge < -0.3 is 10.6 Å². The van der Waals surface area contributed by atoms with Crippen LogP contribution in [0.25, 0.3) is 0 Å². The number of likely N-dealkylation sites (tertiary alicyclic amines) is 1. The molecule has 0 aromatic heterocycles. The fraction of sp³-hybridized carbons (Fsp3) is 0.917. The van der Waals surface area contributed by atoms with Crippen molar-refractivity contribution in [2.75, 3.05) is 13.1 Å². The van der Waals surface area contributed by atoms with E-state index in [0.717, 1.165) is 25.9 Å². The van der Waals surface area contributed by atoms with Gasteiger partial charge in [0.2, 0.25) is 5.91 Å². The highest BCUT2D eigenvalue weighted by Gasteiger charge is 2.33. The lowest BCUT2D eigenvalue weighted by Crippen LogP contribution is -2.51. The van der Waals surface area contributed by atoms with Gasteiger partial charge in [-0.05, 0) is 12.3 Å². The Balaban J connectivity index is 2.62. The van der Waals surface area contributed by atoms with E-state index in [2.05, 4.69) is 6.92 Å². The lowest BCUT2D eigenvalue weighted by Gasteiger charge is -2.39. The summed E-state index contributed by atoms with van der Waals surface area (Å²) in [7, 11) is 0. The zero-order chi connectivity index (χ0) is 11.6. The Hall–Kier alpha value is -0.570. The molecule has 2 atom stereocenters. The molecule has 1 heterocycles. The summed E-state index contributed by atoms with van der Waals surface area (Å²) < 4.78 is 0. The monoisotopic (exact) mass is 212 g/mol. The van der Waals surface area contributed by atoms with Crippen LogP contribution in [0, 0.1) is 11.3 Å². The quantitative estimate of drug-likeness (QED) is 0.718. The maximum Gasteiger partial charge on any atom is 0.227 e. The van der Waals surface area contributed by atoms with Gasteiger partial charge in [0.25, 0.3) is 0 Å². The molecular weight excluding hydrogens is 188 g/mol. The van der Waals surface area contributed by atoms with Gasteiger partial charge in [0.1, 0.15) is 0 Å². The third kappa shape index (κ3) is 2.94. The first-order valence-corrected chi connectivity index (χ1v) is 5.91. The molecule has 0 spiro atoms. The molecule has 0 bridgehead atoms. The number of piperidine rings is 1. The van der Waals surface area contributed by atoms with Gasteiger partial charge >= 0.3 is 0 Å². The predicted molar refractivity (Wildman–Crippen MR) is 62.4 cm³/mol. The van der Waals surface area contributed by atoms with Gasteiger partial charge in [0, 0.05) is 24.5 Å². The highest BCUT2D eigenvalue weighted by Crippen LogP contribution is 2.24. The Labute approximate surface area is 93.0 Å². The van der Waals surface area contributed by atoms with Crippen molar-refractivity contribution >= 4 is 5.91 Å². The van der Waals surface area contributed by atoms with Crippen LogP contribution in [0.2, 0.25) is 0 Å². The Morgan fingerprint density at radius 1 is 1.47 bits per heavy atom. The number of hydrogen-bond acceptors (Lipinski definition) is 2. The van der Waals surface area contributed by atoms with Crippen LogP contribution in [0.4, 0.5) is 0 Å². The number of rotatable bonds is 1. The molecule has 1 amide bonds. The summed E-state index contributed by atoms with van der Waals surface area (Å²) in [5.41, 5.74) is 5.76. The second kappa shape index (κ2) is 4.52. The van der Waals surface area contributed by atoms with Gasteiger partial charge in [0.15, 0.2) is 0 Å². The smallest absolute Gasteiger partial charge is 0.227 e. The fourth-order valence-corrected chi connectivity index (χ4v) is 2.14. The molecule has 0 radical (unpaired) electrons. The van der Waals surface area contributed by atoms with Crippen LogP contribution in [0.1, 0.15) is 40.5 Å². The molecule has 1 fully saturated rings. The minimum Gasteiger partial charge on any atom is -0.342 e. The van der Waals surface area contributed by atoms with Gasteiger partial charge in [-0.2, -0.15) is 0 Å². The Morgan fingerprint density at radius 2 is 2.07 bits per heavy atom. The summed E-state index contributed by atoms with van der Waals surface area (Å²) >= 11 is 0.